The number of ether oxygens (including phenoxy) is 2. The molecule has 4 nitrogen and oxygen atoms in total. The van der Waals surface area contributed by atoms with E-state index in [1.54, 1.807) is 35.4 Å². The molecule has 2 aromatic heterocycles. The van der Waals surface area contributed by atoms with Crippen molar-refractivity contribution in [3.05, 3.63) is 76.2 Å². The topological polar surface area (TPSA) is 48.4 Å². The molecule has 0 radical (unpaired) electrons. The minimum absolute atomic E-state index is 0.0185. The molecule has 1 fully saturated rings. The van der Waals surface area contributed by atoms with Gasteiger partial charge in [0.1, 0.15) is 6.10 Å². The summed E-state index contributed by atoms with van der Waals surface area (Å²) < 4.78 is 25.4. The van der Waals surface area contributed by atoms with Gasteiger partial charge in [0.15, 0.2) is 0 Å². The molecule has 5 atom stereocenters. The molecule has 0 amide bonds. The summed E-state index contributed by atoms with van der Waals surface area (Å²) in [6, 6.07) is 13.8. The SMILES string of the molecule is CS[C@H]1C(c2ccc(C)c(Cc3ccc(-c4ccc(F)nc4)s3)c2)O[C@H](C)[C@@H](C)[C@@H]1OC(C)=O. The zero-order valence-corrected chi connectivity index (χ0v) is 21.7. The van der Waals surface area contributed by atoms with Crippen molar-refractivity contribution in [2.45, 2.75) is 57.7 Å². The third-order valence-electron chi connectivity index (χ3n) is 6.56. The van der Waals surface area contributed by atoms with Crippen molar-refractivity contribution in [1.29, 1.82) is 0 Å². The average Bonchev–Trinajstić information content (AvgIpc) is 3.27. The monoisotopic (exact) mass is 499 g/mol. The molecule has 0 N–H and O–H groups in total. The Kier molecular flexibility index (Phi) is 7.75. The maximum atomic E-state index is 13.2. The normalized spacial score (nSPS) is 24.7. The third kappa shape index (κ3) is 5.37. The van der Waals surface area contributed by atoms with Gasteiger partial charge in [0.2, 0.25) is 5.95 Å². The van der Waals surface area contributed by atoms with Crippen molar-refractivity contribution in [3.8, 4) is 10.4 Å². The molecule has 1 unspecified atom stereocenters. The number of esters is 1. The van der Waals surface area contributed by atoms with Crippen LogP contribution in [0.5, 0.6) is 0 Å². The summed E-state index contributed by atoms with van der Waals surface area (Å²) in [5, 5.41) is 0.0185. The van der Waals surface area contributed by atoms with Crippen LogP contribution in [0, 0.1) is 18.8 Å². The van der Waals surface area contributed by atoms with Crippen LogP contribution in [0.3, 0.4) is 0 Å². The Morgan fingerprint density at radius 3 is 2.68 bits per heavy atom. The van der Waals surface area contributed by atoms with Gasteiger partial charge in [-0.15, -0.1) is 11.3 Å². The molecule has 4 rings (SSSR count). The molecule has 0 bridgehead atoms. The first-order chi connectivity index (χ1) is 16.3. The minimum atomic E-state index is -0.471. The van der Waals surface area contributed by atoms with Crippen molar-refractivity contribution in [1.82, 2.24) is 4.98 Å². The van der Waals surface area contributed by atoms with E-state index in [0.29, 0.717) is 0 Å². The first-order valence-corrected chi connectivity index (χ1v) is 13.5. The molecular weight excluding hydrogens is 469 g/mol. The number of benzene rings is 1. The second-order valence-electron chi connectivity index (χ2n) is 8.89. The summed E-state index contributed by atoms with van der Waals surface area (Å²) in [5.74, 6) is -0.604. The summed E-state index contributed by atoms with van der Waals surface area (Å²) >= 11 is 3.38. The second kappa shape index (κ2) is 10.6. The number of nitrogens with zero attached hydrogens (tertiary/aromatic N) is 1. The molecule has 34 heavy (non-hydrogen) atoms. The standard InChI is InChI=1S/C27H30FNO3S2/c1-15-6-7-19(26-27(33-5)25(32-18(4)30)16(2)17(3)31-26)12-21(15)13-22-9-10-23(34-22)20-8-11-24(28)29-14-20/h6-12,14,16-17,25-27H,13H2,1-5H3/t16-,17-,25+,26?,27-/m1/s1. The van der Waals surface area contributed by atoms with Crippen LogP contribution in [-0.2, 0) is 20.7 Å². The summed E-state index contributed by atoms with van der Waals surface area (Å²) in [6.45, 7) is 7.73. The van der Waals surface area contributed by atoms with Crippen LogP contribution in [0.15, 0.2) is 48.7 Å². The molecule has 180 valence electrons. The smallest absolute Gasteiger partial charge is 0.302 e. The molecule has 1 aromatic carbocycles. The van der Waals surface area contributed by atoms with E-state index in [-0.39, 0.29) is 35.4 Å². The van der Waals surface area contributed by atoms with E-state index < -0.39 is 5.95 Å². The number of hydrogen-bond acceptors (Lipinski definition) is 6. The van der Waals surface area contributed by atoms with Gasteiger partial charge >= 0.3 is 5.97 Å². The lowest BCUT2D eigenvalue weighted by Gasteiger charge is -2.44. The van der Waals surface area contributed by atoms with Gasteiger partial charge in [-0.25, -0.2) is 4.98 Å². The highest BCUT2D eigenvalue weighted by atomic mass is 32.2. The fourth-order valence-electron chi connectivity index (χ4n) is 4.46. The number of pyridine rings is 1. The number of aromatic nitrogens is 1. The van der Waals surface area contributed by atoms with Crippen molar-refractivity contribution >= 4 is 29.1 Å². The average molecular weight is 500 g/mol. The molecule has 7 heteroatoms. The summed E-state index contributed by atoms with van der Waals surface area (Å²) in [5.41, 5.74) is 4.48. The van der Waals surface area contributed by atoms with Crippen molar-refractivity contribution in [2.24, 2.45) is 5.92 Å². The third-order valence-corrected chi connectivity index (χ3v) is 8.75. The largest absolute Gasteiger partial charge is 0.461 e. The predicted molar refractivity (Wildman–Crippen MR) is 137 cm³/mol. The zero-order chi connectivity index (χ0) is 24.4. The van der Waals surface area contributed by atoms with Gasteiger partial charge in [0.05, 0.1) is 17.5 Å². The lowest BCUT2D eigenvalue weighted by molar-refractivity contribution is -0.168. The maximum Gasteiger partial charge on any atom is 0.302 e. The Hall–Kier alpha value is -2.22. The summed E-state index contributed by atoms with van der Waals surface area (Å²) in [6.07, 6.45) is 4.04. The van der Waals surface area contributed by atoms with Crippen molar-refractivity contribution in [3.63, 3.8) is 0 Å². The predicted octanol–water partition coefficient (Wildman–Crippen LogP) is 6.61. The second-order valence-corrected chi connectivity index (χ2v) is 11.1. The van der Waals surface area contributed by atoms with Gasteiger partial charge in [-0.05, 0) is 61.1 Å². The molecule has 0 aliphatic carbocycles. The number of thiophene rings is 1. The number of carbonyl (C=O) groups excluding carboxylic acids is 1. The van der Waals surface area contributed by atoms with Gasteiger partial charge in [-0.3, -0.25) is 4.79 Å². The highest BCUT2D eigenvalue weighted by molar-refractivity contribution is 7.99. The zero-order valence-electron chi connectivity index (χ0n) is 20.1. The molecule has 1 aliphatic rings. The van der Waals surface area contributed by atoms with Gasteiger partial charge in [0.25, 0.3) is 0 Å². The van der Waals surface area contributed by atoms with Crippen LogP contribution < -0.4 is 0 Å². The summed E-state index contributed by atoms with van der Waals surface area (Å²) in [7, 11) is 0. The molecule has 0 saturated carbocycles. The molecule has 1 aliphatic heterocycles. The minimum Gasteiger partial charge on any atom is -0.461 e. The number of carbonyl (C=O) groups is 1. The number of hydrogen-bond donors (Lipinski definition) is 0. The van der Waals surface area contributed by atoms with E-state index in [1.165, 1.54) is 29.0 Å². The number of aryl methyl sites for hydroxylation is 1. The van der Waals surface area contributed by atoms with E-state index in [9.17, 15) is 9.18 Å². The van der Waals surface area contributed by atoms with Crippen LogP contribution >= 0.6 is 23.1 Å². The Morgan fingerprint density at radius 2 is 2.00 bits per heavy atom. The molecular formula is C27H30FNO3S2. The Balaban J connectivity index is 1.59. The number of rotatable bonds is 6. The first kappa shape index (κ1) is 24.9. The molecule has 3 aromatic rings. The highest BCUT2D eigenvalue weighted by Gasteiger charge is 2.44. The van der Waals surface area contributed by atoms with E-state index in [2.05, 4.69) is 56.1 Å². The van der Waals surface area contributed by atoms with E-state index in [4.69, 9.17) is 9.47 Å². The van der Waals surface area contributed by atoms with Crippen LogP contribution in [0.1, 0.15) is 48.4 Å². The van der Waals surface area contributed by atoms with E-state index >= 15 is 0 Å². The molecule has 0 spiro atoms. The fraction of sp³-hybridized carbons (Fsp3) is 0.407. The van der Waals surface area contributed by atoms with Crippen molar-refractivity contribution < 1.29 is 18.7 Å². The molecule has 1 saturated heterocycles. The van der Waals surface area contributed by atoms with Gasteiger partial charge in [0, 0.05) is 40.8 Å². The van der Waals surface area contributed by atoms with E-state index in [0.717, 1.165) is 22.4 Å². The van der Waals surface area contributed by atoms with Crippen LogP contribution in [-0.4, -0.2) is 34.7 Å². The number of thioether (sulfide) groups is 1. The quantitative estimate of drug-likeness (QED) is 0.282. The Morgan fingerprint density at radius 1 is 1.21 bits per heavy atom. The number of halogens is 1. The van der Waals surface area contributed by atoms with Gasteiger partial charge < -0.3 is 9.47 Å². The fourth-order valence-corrected chi connectivity index (χ4v) is 6.52. The Bertz CT molecular complexity index is 1150. The maximum absolute atomic E-state index is 13.2. The first-order valence-electron chi connectivity index (χ1n) is 11.4. The van der Waals surface area contributed by atoms with E-state index in [1.807, 2.05) is 6.26 Å². The van der Waals surface area contributed by atoms with Crippen molar-refractivity contribution in [2.75, 3.05) is 6.26 Å². The van der Waals surface area contributed by atoms with Gasteiger partial charge in [-0.1, -0.05) is 25.1 Å². The van der Waals surface area contributed by atoms with Crippen LogP contribution in [0.4, 0.5) is 4.39 Å². The summed E-state index contributed by atoms with van der Waals surface area (Å²) in [4.78, 5) is 17.9. The highest BCUT2D eigenvalue weighted by Crippen LogP contribution is 2.42. The Labute approximate surface area is 208 Å². The van der Waals surface area contributed by atoms with Crippen LogP contribution in [0.2, 0.25) is 0 Å². The van der Waals surface area contributed by atoms with Crippen LogP contribution in [0.25, 0.3) is 10.4 Å². The lowest BCUT2D eigenvalue weighted by atomic mass is 9.87. The lowest BCUT2D eigenvalue weighted by Crippen LogP contribution is -2.49. The van der Waals surface area contributed by atoms with Gasteiger partial charge in [-0.2, -0.15) is 16.2 Å². The molecule has 3 heterocycles.